The molecule has 0 saturated heterocycles. The van der Waals surface area contributed by atoms with Gasteiger partial charge in [-0.25, -0.2) is 0 Å². The van der Waals surface area contributed by atoms with Gasteiger partial charge in [0.05, 0.1) is 0 Å². The molecule has 1 atom stereocenters. The summed E-state index contributed by atoms with van der Waals surface area (Å²) in [6.45, 7) is 6.29. The van der Waals surface area contributed by atoms with Gasteiger partial charge in [-0.1, -0.05) is 19.3 Å². The highest BCUT2D eigenvalue weighted by Gasteiger charge is 2.20. The molecule has 18 heavy (non-hydrogen) atoms. The van der Waals surface area contributed by atoms with Crippen molar-refractivity contribution in [2.45, 2.75) is 58.9 Å². The summed E-state index contributed by atoms with van der Waals surface area (Å²) in [4.78, 5) is 0. The monoisotopic (exact) mass is 247 g/mol. The number of phenols is 1. The lowest BCUT2D eigenvalue weighted by Crippen LogP contribution is -2.28. The first-order valence-electron chi connectivity index (χ1n) is 7.14. The zero-order valence-electron chi connectivity index (χ0n) is 11.8. The maximum Gasteiger partial charge on any atom is 0.118 e. The maximum absolute atomic E-state index is 9.68. The largest absolute Gasteiger partial charge is 0.508 e. The number of phenolic OH excluding ortho intramolecular Hbond substituents is 1. The van der Waals surface area contributed by atoms with Crippen LogP contribution in [0.15, 0.2) is 12.1 Å². The molecule has 0 heterocycles. The van der Waals surface area contributed by atoms with Crippen molar-refractivity contribution in [3.8, 4) is 5.75 Å². The van der Waals surface area contributed by atoms with Crippen LogP contribution in [0.3, 0.4) is 0 Å². The maximum atomic E-state index is 9.68. The summed E-state index contributed by atoms with van der Waals surface area (Å²) >= 11 is 0. The van der Waals surface area contributed by atoms with Gasteiger partial charge in [-0.15, -0.1) is 0 Å². The van der Waals surface area contributed by atoms with E-state index in [1.54, 1.807) is 0 Å². The van der Waals surface area contributed by atoms with Crippen LogP contribution >= 0.6 is 0 Å². The van der Waals surface area contributed by atoms with Gasteiger partial charge < -0.3 is 10.4 Å². The second-order valence-corrected chi connectivity index (χ2v) is 5.78. The molecular weight excluding hydrogens is 222 g/mol. The molecule has 0 aromatic heterocycles. The van der Waals surface area contributed by atoms with Gasteiger partial charge >= 0.3 is 0 Å². The lowest BCUT2D eigenvalue weighted by Gasteiger charge is -2.29. The Hall–Kier alpha value is -1.18. The summed E-state index contributed by atoms with van der Waals surface area (Å²) in [7, 11) is 0. The Morgan fingerprint density at radius 2 is 1.78 bits per heavy atom. The van der Waals surface area contributed by atoms with Crippen molar-refractivity contribution in [1.82, 2.24) is 0 Å². The summed E-state index contributed by atoms with van der Waals surface area (Å²) in [5, 5.41) is 13.3. The standard InChI is InChI=1S/C16H25NO/c1-11-10-16(18)12(2)9-15(11)17-13(3)14-7-5-4-6-8-14/h9-10,13-14,17-18H,4-8H2,1-3H3. The van der Waals surface area contributed by atoms with Crippen LogP contribution in [0.2, 0.25) is 0 Å². The van der Waals surface area contributed by atoms with Gasteiger partial charge in [-0.3, -0.25) is 0 Å². The summed E-state index contributed by atoms with van der Waals surface area (Å²) in [6.07, 6.45) is 6.86. The van der Waals surface area contributed by atoms with E-state index in [4.69, 9.17) is 0 Å². The van der Waals surface area contributed by atoms with Gasteiger partial charge in [0, 0.05) is 11.7 Å². The van der Waals surface area contributed by atoms with Crippen molar-refractivity contribution in [2.24, 2.45) is 5.92 Å². The number of hydrogen-bond donors (Lipinski definition) is 2. The lowest BCUT2D eigenvalue weighted by atomic mass is 9.84. The van der Waals surface area contributed by atoms with Gasteiger partial charge in [-0.2, -0.15) is 0 Å². The third-order valence-corrected chi connectivity index (χ3v) is 4.28. The van der Waals surface area contributed by atoms with Crippen LogP contribution in [0.1, 0.15) is 50.2 Å². The molecule has 1 unspecified atom stereocenters. The van der Waals surface area contributed by atoms with E-state index in [0.29, 0.717) is 11.8 Å². The van der Waals surface area contributed by atoms with Crippen molar-refractivity contribution >= 4 is 5.69 Å². The average molecular weight is 247 g/mol. The molecule has 0 bridgehead atoms. The van der Waals surface area contributed by atoms with Crippen molar-refractivity contribution in [2.75, 3.05) is 5.32 Å². The molecular formula is C16H25NO. The quantitative estimate of drug-likeness (QED) is 0.776. The minimum absolute atomic E-state index is 0.392. The Labute approximate surface area is 110 Å². The summed E-state index contributed by atoms with van der Waals surface area (Å²) in [5.41, 5.74) is 3.24. The van der Waals surface area contributed by atoms with E-state index < -0.39 is 0 Å². The van der Waals surface area contributed by atoms with E-state index in [0.717, 1.165) is 17.0 Å². The van der Waals surface area contributed by atoms with E-state index in [1.165, 1.54) is 37.8 Å². The first kappa shape index (κ1) is 13.3. The summed E-state index contributed by atoms with van der Waals surface area (Å²) < 4.78 is 0. The second-order valence-electron chi connectivity index (χ2n) is 5.78. The lowest BCUT2D eigenvalue weighted by molar-refractivity contribution is 0.328. The number of benzene rings is 1. The van der Waals surface area contributed by atoms with Crippen molar-refractivity contribution in [1.29, 1.82) is 0 Å². The first-order chi connectivity index (χ1) is 8.58. The molecule has 0 aliphatic heterocycles. The van der Waals surface area contributed by atoms with E-state index in [-0.39, 0.29) is 0 Å². The Kier molecular flexibility index (Phi) is 4.15. The molecule has 1 saturated carbocycles. The average Bonchev–Trinajstić information content (AvgIpc) is 2.37. The van der Waals surface area contributed by atoms with Gasteiger partial charge in [-0.05, 0) is 62.8 Å². The Bertz CT molecular complexity index is 408. The molecule has 1 aromatic carbocycles. The number of nitrogens with one attached hydrogen (secondary N) is 1. The highest BCUT2D eigenvalue weighted by atomic mass is 16.3. The molecule has 2 N–H and O–H groups in total. The van der Waals surface area contributed by atoms with Crippen molar-refractivity contribution < 1.29 is 5.11 Å². The number of aryl methyl sites for hydroxylation is 2. The molecule has 0 amide bonds. The Morgan fingerprint density at radius 1 is 1.11 bits per heavy atom. The smallest absolute Gasteiger partial charge is 0.118 e. The number of anilines is 1. The molecule has 1 aliphatic carbocycles. The fraction of sp³-hybridized carbons (Fsp3) is 0.625. The van der Waals surface area contributed by atoms with Gasteiger partial charge in [0.1, 0.15) is 5.75 Å². The van der Waals surface area contributed by atoms with E-state index >= 15 is 0 Å². The number of aromatic hydroxyl groups is 1. The number of hydrogen-bond acceptors (Lipinski definition) is 2. The molecule has 2 heteroatoms. The predicted octanol–water partition coefficient (Wildman–Crippen LogP) is 4.39. The van der Waals surface area contributed by atoms with Crippen LogP contribution in [0, 0.1) is 19.8 Å². The second kappa shape index (κ2) is 5.64. The van der Waals surface area contributed by atoms with Crippen LogP contribution < -0.4 is 5.32 Å². The zero-order valence-corrected chi connectivity index (χ0v) is 11.8. The highest BCUT2D eigenvalue weighted by Crippen LogP contribution is 2.30. The van der Waals surface area contributed by atoms with Crippen LogP contribution in [0.4, 0.5) is 5.69 Å². The number of rotatable bonds is 3. The van der Waals surface area contributed by atoms with E-state index in [9.17, 15) is 5.11 Å². The third-order valence-electron chi connectivity index (χ3n) is 4.28. The Morgan fingerprint density at radius 3 is 2.44 bits per heavy atom. The molecule has 100 valence electrons. The first-order valence-corrected chi connectivity index (χ1v) is 7.14. The molecule has 1 fully saturated rings. The van der Waals surface area contributed by atoms with E-state index in [2.05, 4.69) is 25.2 Å². The van der Waals surface area contributed by atoms with Crippen LogP contribution in [-0.2, 0) is 0 Å². The molecule has 0 spiro atoms. The topological polar surface area (TPSA) is 32.3 Å². The van der Waals surface area contributed by atoms with Gasteiger partial charge in [0.25, 0.3) is 0 Å². The molecule has 1 aliphatic rings. The molecule has 1 aromatic rings. The van der Waals surface area contributed by atoms with Crippen LogP contribution in [-0.4, -0.2) is 11.1 Å². The van der Waals surface area contributed by atoms with E-state index in [1.807, 2.05) is 13.0 Å². The minimum atomic E-state index is 0.392. The van der Waals surface area contributed by atoms with Crippen LogP contribution in [0.25, 0.3) is 0 Å². The fourth-order valence-electron chi connectivity index (χ4n) is 2.95. The fourth-order valence-corrected chi connectivity index (χ4v) is 2.95. The molecule has 2 rings (SSSR count). The highest BCUT2D eigenvalue weighted by molar-refractivity contribution is 5.57. The predicted molar refractivity (Wildman–Crippen MR) is 77.2 cm³/mol. The van der Waals surface area contributed by atoms with Crippen molar-refractivity contribution in [3.05, 3.63) is 23.3 Å². The van der Waals surface area contributed by atoms with Gasteiger partial charge in [0.15, 0.2) is 0 Å². The molecule has 0 radical (unpaired) electrons. The normalized spacial score (nSPS) is 18.6. The third kappa shape index (κ3) is 2.98. The molecule has 2 nitrogen and oxygen atoms in total. The van der Waals surface area contributed by atoms with Crippen LogP contribution in [0.5, 0.6) is 5.75 Å². The zero-order chi connectivity index (χ0) is 13.1. The Balaban J connectivity index is 2.06. The van der Waals surface area contributed by atoms with Gasteiger partial charge in [0.2, 0.25) is 0 Å². The SMILES string of the molecule is Cc1cc(NC(C)C2CCCCC2)c(C)cc1O. The minimum Gasteiger partial charge on any atom is -0.508 e. The summed E-state index contributed by atoms with van der Waals surface area (Å²) in [5.74, 6) is 1.19. The van der Waals surface area contributed by atoms with Crippen molar-refractivity contribution in [3.63, 3.8) is 0 Å². The summed E-state index contributed by atoms with van der Waals surface area (Å²) in [6, 6.07) is 4.43.